The number of carbonyl (C=O) groups excluding carboxylic acids is 1. The Morgan fingerprint density at radius 1 is 1.21 bits per heavy atom. The van der Waals surface area contributed by atoms with E-state index < -0.39 is 23.4 Å². The number of alkyl halides is 3. The predicted octanol–water partition coefficient (Wildman–Crippen LogP) is 5.52. The van der Waals surface area contributed by atoms with Gasteiger partial charge in [-0.3, -0.25) is 0 Å². The average molecular weight is 487 g/mol. The molecule has 2 aromatic carbocycles. The number of aliphatic hydroxyl groups is 1. The van der Waals surface area contributed by atoms with Crippen molar-refractivity contribution in [2.24, 2.45) is 0 Å². The van der Waals surface area contributed by atoms with Crippen LogP contribution >= 0.6 is 11.3 Å². The molecule has 0 spiro atoms. The fourth-order valence-electron chi connectivity index (χ4n) is 3.84. The first-order valence-electron chi connectivity index (χ1n) is 10.5. The maximum Gasteiger partial charge on any atom is 0.416 e. The van der Waals surface area contributed by atoms with Gasteiger partial charge in [-0.1, -0.05) is 12.1 Å². The molecule has 1 fully saturated rings. The molecule has 1 saturated heterocycles. The van der Waals surface area contributed by atoms with Gasteiger partial charge in [-0.25, -0.2) is 9.78 Å². The van der Waals surface area contributed by atoms with Crippen molar-refractivity contribution in [2.45, 2.75) is 31.5 Å². The molecule has 2 N–H and O–H groups in total. The lowest BCUT2D eigenvalue weighted by atomic mass is 9.92. The van der Waals surface area contributed by atoms with E-state index in [-0.39, 0.29) is 31.6 Å². The van der Waals surface area contributed by atoms with Crippen LogP contribution in [0.1, 0.15) is 33.9 Å². The van der Waals surface area contributed by atoms with Crippen molar-refractivity contribution in [3.8, 4) is 17.3 Å². The van der Waals surface area contributed by atoms with Crippen LogP contribution in [-0.2, 0) is 11.8 Å². The van der Waals surface area contributed by atoms with E-state index >= 15 is 0 Å². The van der Waals surface area contributed by atoms with Crippen LogP contribution < -0.4 is 5.32 Å². The van der Waals surface area contributed by atoms with Gasteiger partial charge in [0.05, 0.1) is 22.9 Å². The number of carbonyl (C=O) groups is 1. The maximum absolute atomic E-state index is 12.7. The smallest absolute Gasteiger partial charge is 0.383 e. The quantitative estimate of drug-likeness (QED) is 0.510. The summed E-state index contributed by atoms with van der Waals surface area (Å²) in [4.78, 5) is 19.7. The second kappa shape index (κ2) is 9.08. The minimum absolute atomic E-state index is 0.263. The Hall–Kier alpha value is -3.42. The van der Waals surface area contributed by atoms with Crippen LogP contribution in [0.3, 0.4) is 0 Å². The molecule has 2 heterocycles. The van der Waals surface area contributed by atoms with Gasteiger partial charge in [0.25, 0.3) is 0 Å². The summed E-state index contributed by atoms with van der Waals surface area (Å²) in [6.07, 6.45) is -3.89. The zero-order valence-electron chi connectivity index (χ0n) is 18.2. The van der Waals surface area contributed by atoms with Gasteiger partial charge < -0.3 is 15.3 Å². The van der Waals surface area contributed by atoms with E-state index in [1.54, 1.807) is 18.2 Å². The standard InChI is InChI=1S/C24H21F3N4O2S/c1-15-20(17-4-2-3-16(13-17)14-28)30-21(34-15)23(33)9-11-31(12-10-23)22(32)29-19-7-5-18(6-8-19)24(25,26)27/h2-8,13,33H,9-12H2,1H3,(H,29,32). The van der Waals surface area contributed by atoms with Gasteiger partial charge in [-0.15, -0.1) is 11.3 Å². The van der Waals surface area contributed by atoms with E-state index in [4.69, 9.17) is 5.26 Å². The summed E-state index contributed by atoms with van der Waals surface area (Å²) in [5.41, 5.74) is 0.331. The number of aromatic nitrogens is 1. The molecule has 1 aliphatic rings. The summed E-state index contributed by atoms with van der Waals surface area (Å²) in [6, 6.07) is 13.0. The molecule has 176 valence electrons. The number of likely N-dealkylation sites (tertiary alicyclic amines) is 1. The van der Waals surface area contributed by atoms with Crippen molar-refractivity contribution in [1.82, 2.24) is 9.88 Å². The first kappa shape index (κ1) is 23.7. The topological polar surface area (TPSA) is 89.2 Å². The summed E-state index contributed by atoms with van der Waals surface area (Å²) in [5, 5.41) is 23.6. The van der Waals surface area contributed by atoms with Crippen molar-refractivity contribution in [3.05, 3.63) is 69.5 Å². The molecule has 1 aliphatic heterocycles. The van der Waals surface area contributed by atoms with Gasteiger partial charge in [0, 0.05) is 42.1 Å². The summed E-state index contributed by atoms with van der Waals surface area (Å²) in [7, 11) is 0. The van der Waals surface area contributed by atoms with Crippen molar-refractivity contribution in [2.75, 3.05) is 18.4 Å². The summed E-state index contributed by atoms with van der Waals surface area (Å²) in [5.74, 6) is 0. The van der Waals surface area contributed by atoms with Gasteiger partial charge in [-0.05, 0) is 43.3 Å². The molecule has 2 amide bonds. The molecule has 6 nitrogen and oxygen atoms in total. The Bertz CT molecular complexity index is 1240. The number of urea groups is 1. The minimum atomic E-state index is -4.44. The summed E-state index contributed by atoms with van der Waals surface area (Å²) < 4.78 is 38.1. The van der Waals surface area contributed by atoms with Crippen molar-refractivity contribution in [1.29, 1.82) is 5.26 Å². The molecule has 4 rings (SSSR count). The first-order valence-corrected chi connectivity index (χ1v) is 11.3. The molecule has 0 saturated carbocycles. The normalized spacial score (nSPS) is 15.6. The van der Waals surface area contributed by atoms with Crippen LogP contribution in [0, 0.1) is 18.3 Å². The molecule has 0 atom stereocenters. The van der Waals surface area contributed by atoms with Gasteiger partial charge >= 0.3 is 12.2 Å². The number of amides is 2. The minimum Gasteiger partial charge on any atom is -0.383 e. The maximum atomic E-state index is 12.7. The van der Waals surface area contributed by atoms with E-state index in [0.29, 0.717) is 16.3 Å². The molecular weight excluding hydrogens is 465 g/mol. The molecule has 34 heavy (non-hydrogen) atoms. The fraction of sp³-hybridized carbons (Fsp3) is 0.292. The number of aryl methyl sites for hydroxylation is 1. The fourth-order valence-corrected chi connectivity index (χ4v) is 4.92. The second-order valence-electron chi connectivity index (χ2n) is 8.14. The highest BCUT2D eigenvalue weighted by Gasteiger charge is 2.38. The highest BCUT2D eigenvalue weighted by molar-refractivity contribution is 7.12. The molecule has 10 heteroatoms. The van der Waals surface area contributed by atoms with E-state index in [9.17, 15) is 23.1 Å². The lowest BCUT2D eigenvalue weighted by Gasteiger charge is -2.36. The molecule has 0 aliphatic carbocycles. The van der Waals surface area contributed by atoms with Crippen molar-refractivity contribution < 1.29 is 23.1 Å². The SMILES string of the molecule is Cc1sc(C2(O)CCN(C(=O)Nc3ccc(C(F)(F)F)cc3)CC2)nc1-c1cccc(C#N)c1. The van der Waals surface area contributed by atoms with Crippen molar-refractivity contribution in [3.63, 3.8) is 0 Å². The molecule has 1 aromatic heterocycles. The molecule has 0 radical (unpaired) electrons. The van der Waals surface area contributed by atoms with Crippen molar-refractivity contribution >= 4 is 23.1 Å². The number of hydrogen-bond donors (Lipinski definition) is 2. The zero-order valence-corrected chi connectivity index (χ0v) is 19.0. The number of nitrogens with zero attached hydrogens (tertiary/aromatic N) is 3. The van der Waals surface area contributed by atoms with E-state index in [2.05, 4.69) is 16.4 Å². The summed E-state index contributed by atoms with van der Waals surface area (Å²) >= 11 is 1.39. The van der Waals surface area contributed by atoms with Crippen LogP contribution in [0.5, 0.6) is 0 Å². The van der Waals surface area contributed by atoms with Crippen LogP contribution in [0.2, 0.25) is 0 Å². The molecular formula is C24H21F3N4O2S. The summed E-state index contributed by atoms with van der Waals surface area (Å²) in [6.45, 7) is 2.44. The number of benzene rings is 2. The number of nitrogens with one attached hydrogen (secondary N) is 1. The van der Waals surface area contributed by atoms with E-state index in [1.165, 1.54) is 28.4 Å². The third-order valence-electron chi connectivity index (χ3n) is 5.80. The highest BCUT2D eigenvalue weighted by Crippen LogP contribution is 2.39. The highest BCUT2D eigenvalue weighted by atomic mass is 32.1. The number of rotatable bonds is 3. The zero-order chi connectivity index (χ0) is 24.5. The number of hydrogen-bond acceptors (Lipinski definition) is 5. The van der Waals surface area contributed by atoms with Gasteiger partial charge in [0.1, 0.15) is 10.6 Å². The van der Waals surface area contributed by atoms with Crippen LogP contribution in [0.4, 0.5) is 23.7 Å². The Morgan fingerprint density at radius 3 is 2.50 bits per heavy atom. The molecule has 0 unspecified atom stereocenters. The largest absolute Gasteiger partial charge is 0.416 e. The van der Waals surface area contributed by atoms with Crippen LogP contribution in [-0.4, -0.2) is 34.1 Å². The number of halogens is 3. The monoisotopic (exact) mass is 486 g/mol. The predicted molar refractivity (Wildman–Crippen MR) is 122 cm³/mol. The van der Waals surface area contributed by atoms with Gasteiger partial charge in [0.15, 0.2) is 0 Å². The number of thiazole rings is 1. The lowest BCUT2D eigenvalue weighted by molar-refractivity contribution is -0.137. The number of nitriles is 1. The van der Waals surface area contributed by atoms with Crippen LogP contribution in [0.25, 0.3) is 11.3 Å². The third-order valence-corrected chi connectivity index (χ3v) is 6.97. The van der Waals surface area contributed by atoms with Gasteiger partial charge in [0.2, 0.25) is 0 Å². The average Bonchev–Trinajstić information content (AvgIpc) is 3.22. The Morgan fingerprint density at radius 2 is 1.88 bits per heavy atom. The molecule has 0 bridgehead atoms. The van der Waals surface area contributed by atoms with E-state index in [1.807, 2.05) is 13.0 Å². The molecule has 3 aromatic rings. The Kier molecular flexibility index (Phi) is 6.34. The second-order valence-corrected chi connectivity index (χ2v) is 9.34. The Balaban J connectivity index is 1.42. The van der Waals surface area contributed by atoms with Gasteiger partial charge in [-0.2, -0.15) is 18.4 Å². The number of anilines is 1. The first-order chi connectivity index (χ1) is 16.1. The van der Waals surface area contributed by atoms with Crippen LogP contribution in [0.15, 0.2) is 48.5 Å². The number of piperidine rings is 1. The Labute approximate surface area is 198 Å². The van der Waals surface area contributed by atoms with E-state index in [0.717, 1.165) is 22.6 Å². The third kappa shape index (κ3) is 4.90. The lowest BCUT2D eigenvalue weighted by Crippen LogP contribution is -2.46.